The molecule has 11 heteroatoms. The number of rotatable bonds is 8. The van der Waals surface area contributed by atoms with E-state index in [4.69, 9.17) is 27.4 Å². The van der Waals surface area contributed by atoms with E-state index >= 15 is 4.39 Å². The minimum absolute atomic E-state index is 0.0261. The molecule has 2 aliphatic rings. The van der Waals surface area contributed by atoms with E-state index in [1.807, 2.05) is 29.2 Å². The zero-order valence-electron chi connectivity index (χ0n) is 27.6. The van der Waals surface area contributed by atoms with Crippen molar-refractivity contribution in [2.45, 2.75) is 76.7 Å². The van der Waals surface area contributed by atoms with Gasteiger partial charge >= 0.3 is 6.09 Å². The number of nitrogens with zero attached hydrogens (tertiary/aromatic N) is 3. The molecule has 1 amide bonds. The molecule has 0 spiro atoms. The highest BCUT2D eigenvalue weighted by Crippen LogP contribution is 2.42. The minimum atomic E-state index is -2.06. The molecule has 3 aromatic rings. The molecule has 3 N–H and O–H groups in total. The van der Waals surface area contributed by atoms with Crippen molar-refractivity contribution in [3.05, 3.63) is 53.5 Å². The highest BCUT2D eigenvalue weighted by atomic mass is 32.1. The van der Waals surface area contributed by atoms with E-state index in [-0.39, 0.29) is 30.3 Å². The highest BCUT2D eigenvalue weighted by molar-refractivity contribution is 7.80. The van der Waals surface area contributed by atoms with Gasteiger partial charge < -0.3 is 30.1 Å². The van der Waals surface area contributed by atoms with Gasteiger partial charge in [-0.1, -0.05) is 71.8 Å². The molecule has 8 nitrogen and oxygen atoms in total. The number of anilines is 1. The molecular formula is C35H43FN4O4SSi. The molecular weight excluding hydrogens is 620 g/mol. The molecule has 5 rings (SSSR count). The van der Waals surface area contributed by atoms with Crippen LogP contribution in [0.4, 0.5) is 14.9 Å². The summed E-state index contributed by atoms with van der Waals surface area (Å²) in [7, 11) is -0.518. The van der Waals surface area contributed by atoms with Crippen molar-refractivity contribution >= 4 is 47.8 Å². The fourth-order valence-corrected chi connectivity index (χ4v) is 13.2. The number of likely N-dealkylation sites (tertiary alicyclic amines) is 2. The monoisotopic (exact) mass is 662 g/mol. The normalized spacial score (nSPS) is 17.7. The number of nitrogen functional groups attached to an aromatic ring is 1. The Morgan fingerprint density at radius 3 is 2.48 bits per heavy atom. The van der Waals surface area contributed by atoms with Crippen LogP contribution in [0.2, 0.25) is 16.6 Å². The van der Waals surface area contributed by atoms with E-state index in [1.54, 1.807) is 13.2 Å². The summed E-state index contributed by atoms with van der Waals surface area (Å²) in [6.07, 6.45) is 1.24. The van der Waals surface area contributed by atoms with E-state index in [1.165, 1.54) is 11.1 Å². The van der Waals surface area contributed by atoms with E-state index in [9.17, 15) is 9.90 Å². The third kappa shape index (κ3) is 5.71. The number of hydrogen-bond acceptors (Lipinski definition) is 6. The van der Waals surface area contributed by atoms with Gasteiger partial charge in [-0.2, -0.15) is 0 Å². The minimum Gasteiger partial charge on any atom is -0.468 e. The highest BCUT2D eigenvalue weighted by Gasteiger charge is 2.50. The van der Waals surface area contributed by atoms with Gasteiger partial charge in [0, 0.05) is 42.9 Å². The Kier molecular flexibility index (Phi) is 9.64. The summed E-state index contributed by atoms with van der Waals surface area (Å²) in [4.78, 5) is 19.9. The Balaban J connectivity index is 1.62. The predicted octanol–water partition coefficient (Wildman–Crippen LogP) is 7.29. The molecule has 1 aromatic heterocycles. The summed E-state index contributed by atoms with van der Waals surface area (Å²) in [6.45, 7) is 14.6. The van der Waals surface area contributed by atoms with Crippen molar-refractivity contribution in [2.24, 2.45) is 0 Å². The third-order valence-corrected chi connectivity index (χ3v) is 16.7. The Bertz CT molecular complexity index is 1720. The molecule has 2 saturated heterocycles. The average molecular weight is 663 g/mol. The van der Waals surface area contributed by atoms with Crippen molar-refractivity contribution in [3.63, 3.8) is 0 Å². The lowest BCUT2D eigenvalue weighted by Crippen LogP contribution is -2.64. The van der Waals surface area contributed by atoms with Gasteiger partial charge in [0.05, 0.1) is 23.3 Å². The molecule has 2 aromatic carbocycles. The van der Waals surface area contributed by atoms with Crippen molar-refractivity contribution < 1.29 is 23.8 Å². The fraction of sp³-hybridized carbons (Fsp3) is 0.457. The molecule has 46 heavy (non-hydrogen) atoms. The van der Waals surface area contributed by atoms with Gasteiger partial charge in [0.2, 0.25) is 0 Å². The van der Waals surface area contributed by atoms with Crippen LogP contribution in [0.5, 0.6) is 5.75 Å². The molecule has 0 saturated carbocycles. The second-order valence-electron chi connectivity index (χ2n) is 13.2. The van der Waals surface area contributed by atoms with Gasteiger partial charge in [-0.15, -0.1) is 5.54 Å². The Morgan fingerprint density at radius 1 is 1.15 bits per heavy atom. The van der Waals surface area contributed by atoms with Crippen LogP contribution in [0.25, 0.3) is 22.0 Å². The number of pyridine rings is 1. The maximum absolute atomic E-state index is 16.4. The second kappa shape index (κ2) is 13.2. The van der Waals surface area contributed by atoms with E-state index in [0.29, 0.717) is 58.0 Å². The van der Waals surface area contributed by atoms with Gasteiger partial charge in [-0.05, 0) is 46.6 Å². The third-order valence-electron chi connectivity index (χ3n) is 9.92. The van der Waals surface area contributed by atoms with Crippen molar-refractivity contribution in [2.75, 3.05) is 32.7 Å². The largest absolute Gasteiger partial charge is 0.468 e. The van der Waals surface area contributed by atoms with E-state index in [0.717, 1.165) is 16.3 Å². The van der Waals surface area contributed by atoms with Gasteiger partial charge in [0.25, 0.3) is 0 Å². The number of amides is 1. The lowest BCUT2D eigenvalue weighted by molar-refractivity contribution is 0.0512. The molecule has 244 valence electrons. The molecule has 0 radical (unpaired) electrons. The van der Waals surface area contributed by atoms with Crippen LogP contribution < -0.4 is 10.5 Å². The van der Waals surface area contributed by atoms with Crippen LogP contribution >= 0.6 is 12.2 Å². The number of thiocarbonyl (C=S) groups is 1. The quantitative estimate of drug-likeness (QED) is 0.112. The zero-order chi connectivity index (χ0) is 33.5. The Hall–Kier alpha value is -3.72. The van der Waals surface area contributed by atoms with Crippen LogP contribution in [0, 0.1) is 17.3 Å². The maximum atomic E-state index is 16.4. The molecule has 2 aliphatic heterocycles. The maximum Gasteiger partial charge on any atom is 0.407 e. The van der Waals surface area contributed by atoms with Crippen molar-refractivity contribution in [3.8, 4) is 28.5 Å². The number of fused-ring (bicyclic) bond motifs is 2. The summed E-state index contributed by atoms with van der Waals surface area (Å²) >= 11 is 5.75. The van der Waals surface area contributed by atoms with Crippen LogP contribution in [0.1, 0.15) is 59.1 Å². The summed E-state index contributed by atoms with van der Waals surface area (Å²) in [6, 6.07) is 9.35. The number of methoxy groups -OCH3 is 1. The standard InChI is InChI=1S/C35H43FN4O4SSi/c1-20(2)46(21(3)4,22(5)6)14-12-23-9-8-10-24-15-25(44-19-43-7)16-26(30(23)24)33-31(36)32(37)27(17-38-33)34(45)40-18-29-28(40)11-13-39(29)35(41)42/h8-10,15-17,20-22,28-29H,11,13,18-19H2,1-7H3,(H2,37,38)(H,41,42)/t28-,29-/m1/s1. The van der Waals surface area contributed by atoms with Gasteiger partial charge in [-0.25, -0.2) is 9.18 Å². The second-order valence-corrected chi connectivity index (χ2v) is 19.1. The first-order chi connectivity index (χ1) is 21.8. The number of ether oxygens (including phenoxy) is 2. The van der Waals surface area contributed by atoms with E-state index in [2.05, 4.69) is 58.0 Å². The summed E-state index contributed by atoms with van der Waals surface area (Å²) in [5, 5.41) is 11.1. The van der Waals surface area contributed by atoms with Gasteiger partial charge in [0.15, 0.2) is 12.6 Å². The number of halogens is 1. The fourth-order valence-electron chi connectivity index (χ4n) is 7.62. The smallest absolute Gasteiger partial charge is 0.407 e. The molecule has 0 unspecified atom stereocenters. The van der Waals surface area contributed by atoms with Gasteiger partial charge in [-0.3, -0.25) is 4.98 Å². The SMILES string of the molecule is COCOc1cc(-c2ncc(C(=S)N3C[C@@H]4[C@H]3CCN4C(=O)O)c(N)c2F)c2c(C#C[Si](C(C)C)(C(C)C)C(C)C)cccc2c1. The first-order valence-corrected chi connectivity index (χ1v) is 18.4. The zero-order valence-corrected chi connectivity index (χ0v) is 29.4. The Morgan fingerprint density at radius 2 is 1.85 bits per heavy atom. The first-order valence-electron chi connectivity index (χ1n) is 15.8. The van der Waals surface area contributed by atoms with Crippen molar-refractivity contribution in [1.29, 1.82) is 0 Å². The number of benzene rings is 2. The first kappa shape index (κ1) is 33.6. The molecule has 2 fully saturated rings. The lowest BCUT2D eigenvalue weighted by atomic mass is 9.94. The van der Waals surface area contributed by atoms with Crippen LogP contribution in [-0.4, -0.2) is 78.1 Å². The number of hydrogen-bond donors (Lipinski definition) is 2. The topological polar surface area (TPSA) is 101 Å². The van der Waals surface area contributed by atoms with E-state index < -0.39 is 20.0 Å². The predicted molar refractivity (Wildman–Crippen MR) is 187 cm³/mol. The average Bonchev–Trinajstić information content (AvgIpc) is 3.32. The van der Waals surface area contributed by atoms with Crippen LogP contribution in [0.3, 0.4) is 0 Å². The Labute approximate surface area is 277 Å². The lowest BCUT2D eigenvalue weighted by Gasteiger charge is -2.47. The summed E-state index contributed by atoms with van der Waals surface area (Å²) in [5.74, 6) is 3.38. The molecule has 2 atom stereocenters. The van der Waals surface area contributed by atoms with Crippen LogP contribution in [0.15, 0.2) is 36.5 Å². The summed E-state index contributed by atoms with van der Waals surface area (Å²) < 4.78 is 27.4. The van der Waals surface area contributed by atoms with Crippen LogP contribution in [-0.2, 0) is 4.74 Å². The number of carbonyl (C=O) groups is 1. The summed E-state index contributed by atoms with van der Waals surface area (Å²) in [5.41, 5.74) is 13.2. The number of aromatic nitrogens is 1. The number of carboxylic acid groups (broad SMARTS) is 1. The molecule has 3 heterocycles. The molecule has 0 bridgehead atoms. The number of nitrogens with two attached hydrogens (primary N) is 1. The van der Waals surface area contributed by atoms with Crippen molar-refractivity contribution in [1.82, 2.24) is 14.8 Å². The molecule has 0 aliphatic carbocycles. The van der Waals surface area contributed by atoms with Gasteiger partial charge in [0.1, 0.15) is 24.5 Å².